The van der Waals surface area contributed by atoms with Gasteiger partial charge in [-0.1, -0.05) is 6.07 Å². The average Bonchev–Trinajstić information content (AvgIpc) is 2.69. The van der Waals surface area contributed by atoms with Crippen molar-refractivity contribution in [3.05, 3.63) is 58.1 Å². The summed E-state index contributed by atoms with van der Waals surface area (Å²) in [7, 11) is 1.60. The summed E-state index contributed by atoms with van der Waals surface area (Å²) in [5.41, 5.74) is 1.51. The molecule has 0 bridgehead atoms. The number of benzene rings is 2. The number of hydrogen-bond donors (Lipinski definition) is 3. The molecule has 29 heavy (non-hydrogen) atoms. The van der Waals surface area contributed by atoms with Crippen LogP contribution in [0.3, 0.4) is 0 Å². The average molecular weight is 480 g/mol. The summed E-state index contributed by atoms with van der Waals surface area (Å²) < 4.78 is 11.1. The zero-order chi connectivity index (χ0) is 21.2. The van der Waals surface area contributed by atoms with Crippen LogP contribution in [0.4, 0.5) is 5.69 Å². The molecule has 0 fully saturated rings. The van der Waals surface area contributed by atoms with Crippen molar-refractivity contribution in [2.45, 2.75) is 6.92 Å². The molecular formula is C20H22BrN3O4S. The standard InChI is InChI=1S/C20H22BrN3O4S/c1-3-22-18(25)13-5-4-6-15(11-13)23-20(29)24-19(26)14-7-8-17(16(21)12-14)28-10-9-27-2/h4-8,11-12H,3,9-10H2,1-2H3,(H,22,25)(H2,23,24,26,29). The van der Waals surface area contributed by atoms with Crippen molar-refractivity contribution in [2.24, 2.45) is 0 Å². The maximum Gasteiger partial charge on any atom is 0.257 e. The number of anilines is 1. The monoisotopic (exact) mass is 479 g/mol. The Labute approximate surface area is 183 Å². The van der Waals surface area contributed by atoms with Crippen LogP contribution in [0.1, 0.15) is 27.6 Å². The molecule has 9 heteroatoms. The number of methoxy groups -OCH3 is 1. The minimum absolute atomic E-state index is 0.125. The molecule has 0 aliphatic rings. The van der Waals surface area contributed by atoms with Crippen molar-refractivity contribution in [2.75, 3.05) is 32.2 Å². The third-order valence-electron chi connectivity index (χ3n) is 3.69. The quantitative estimate of drug-likeness (QED) is 0.397. The van der Waals surface area contributed by atoms with Crippen LogP contribution < -0.4 is 20.7 Å². The van der Waals surface area contributed by atoms with E-state index in [0.717, 1.165) is 0 Å². The van der Waals surface area contributed by atoms with Crippen LogP contribution in [0.25, 0.3) is 0 Å². The first kappa shape index (κ1) is 22.8. The van der Waals surface area contributed by atoms with Crippen molar-refractivity contribution in [1.82, 2.24) is 10.6 Å². The Morgan fingerprint density at radius 3 is 2.52 bits per heavy atom. The van der Waals surface area contributed by atoms with Gasteiger partial charge in [0.2, 0.25) is 0 Å². The molecule has 2 amide bonds. The number of nitrogens with one attached hydrogen (secondary N) is 3. The second-order valence-corrected chi connectivity index (χ2v) is 7.10. The highest BCUT2D eigenvalue weighted by molar-refractivity contribution is 9.10. The van der Waals surface area contributed by atoms with Crippen molar-refractivity contribution in [3.8, 4) is 5.75 Å². The minimum Gasteiger partial charge on any atom is -0.490 e. The molecule has 154 valence electrons. The smallest absolute Gasteiger partial charge is 0.257 e. The van der Waals surface area contributed by atoms with Crippen molar-refractivity contribution >= 4 is 50.8 Å². The molecule has 3 N–H and O–H groups in total. The van der Waals surface area contributed by atoms with Crippen molar-refractivity contribution < 1.29 is 19.1 Å². The lowest BCUT2D eigenvalue weighted by Crippen LogP contribution is -2.34. The number of amides is 2. The van der Waals surface area contributed by atoms with E-state index in [0.29, 0.717) is 46.8 Å². The molecule has 0 saturated carbocycles. The van der Waals surface area contributed by atoms with E-state index in [1.54, 1.807) is 49.6 Å². The topological polar surface area (TPSA) is 88.7 Å². The Bertz CT molecular complexity index is 892. The largest absolute Gasteiger partial charge is 0.490 e. The van der Waals surface area contributed by atoms with E-state index < -0.39 is 0 Å². The summed E-state index contributed by atoms with van der Waals surface area (Å²) in [6.07, 6.45) is 0. The molecule has 0 aliphatic carbocycles. The molecule has 2 rings (SSSR count). The number of thiocarbonyl (C=S) groups is 1. The van der Waals surface area contributed by atoms with Gasteiger partial charge in [0.25, 0.3) is 11.8 Å². The van der Waals surface area contributed by atoms with Crippen LogP contribution in [-0.2, 0) is 4.74 Å². The lowest BCUT2D eigenvalue weighted by atomic mass is 10.2. The normalized spacial score (nSPS) is 10.2. The molecule has 0 heterocycles. The zero-order valence-electron chi connectivity index (χ0n) is 16.1. The molecular weight excluding hydrogens is 458 g/mol. The summed E-state index contributed by atoms with van der Waals surface area (Å²) in [5.74, 6) is 0.0664. The molecule has 0 aromatic heterocycles. The number of carbonyl (C=O) groups excluding carboxylic acids is 2. The molecule has 0 aliphatic heterocycles. The predicted molar refractivity (Wildman–Crippen MR) is 120 cm³/mol. The second-order valence-electron chi connectivity index (χ2n) is 5.83. The van der Waals surface area contributed by atoms with Crippen LogP contribution >= 0.6 is 28.1 Å². The van der Waals surface area contributed by atoms with Gasteiger partial charge in [-0.25, -0.2) is 0 Å². The third kappa shape index (κ3) is 7.12. The third-order valence-corrected chi connectivity index (χ3v) is 4.51. The predicted octanol–water partition coefficient (Wildman–Crippen LogP) is 3.35. The molecule has 0 spiro atoms. The van der Waals surface area contributed by atoms with Crippen LogP contribution in [0.5, 0.6) is 5.75 Å². The van der Waals surface area contributed by atoms with Crippen LogP contribution in [0.2, 0.25) is 0 Å². The Kier molecular flexibility index (Phi) is 9.04. The molecule has 2 aromatic rings. The van der Waals surface area contributed by atoms with Crippen molar-refractivity contribution in [3.63, 3.8) is 0 Å². The van der Waals surface area contributed by atoms with Crippen LogP contribution in [0.15, 0.2) is 46.9 Å². The van der Waals surface area contributed by atoms with E-state index in [4.69, 9.17) is 21.7 Å². The molecule has 0 radical (unpaired) electrons. The highest BCUT2D eigenvalue weighted by Gasteiger charge is 2.12. The first-order valence-corrected chi connectivity index (χ1v) is 10.1. The minimum atomic E-state index is -0.369. The summed E-state index contributed by atoms with van der Waals surface area (Å²) in [6, 6.07) is 11.8. The zero-order valence-corrected chi connectivity index (χ0v) is 18.5. The van der Waals surface area contributed by atoms with E-state index in [1.807, 2.05) is 6.92 Å². The summed E-state index contributed by atoms with van der Waals surface area (Å²) >= 11 is 8.60. The number of ether oxygens (including phenoxy) is 2. The van der Waals surface area contributed by atoms with Gasteiger partial charge in [0, 0.05) is 30.5 Å². The molecule has 0 atom stereocenters. The SMILES string of the molecule is CCNC(=O)c1cccc(NC(=S)NC(=O)c2ccc(OCCOC)c(Br)c2)c1. The fourth-order valence-electron chi connectivity index (χ4n) is 2.33. The summed E-state index contributed by atoms with van der Waals surface area (Å²) in [4.78, 5) is 24.4. The van der Waals surface area contributed by atoms with Gasteiger partial charge in [0.05, 0.1) is 11.1 Å². The fourth-order valence-corrected chi connectivity index (χ4v) is 3.04. The molecule has 7 nitrogen and oxygen atoms in total. The highest BCUT2D eigenvalue weighted by atomic mass is 79.9. The van der Waals surface area contributed by atoms with Gasteiger partial charge >= 0.3 is 0 Å². The Morgan fingerprint density at radius 2 is 1.83 bits per heavy atom. The van der Waals surface area contributed by atoms with Gasteiger partial charge in [0.1, 0.15) is 12.4 Å². The van der Waals surface area contributed by atoms with E-state index >= 15 is 0 Å². The van der Waals surface area contributed by atoms with Crippen molar-refractivity contribution in [1.29, 1.82) is 0 Å². The summed E-state index contributed by atoms with van der Waals surface area (Å²) in [5, 5.41) is 8.38. The molecule has 0 unspecified atom stereocenters. The van der Waals surface area contributed by atoms with E-state index in [2.05, 4.69) is 31.9 Å². The number of rotatable bonds is 8. The van der Waals surface area contributed by atoms with Gasteiger partial charge < -0.3 is 20.1 Å². The number of carbonyl (C=O) groups is 2. The number of hydrogen-bond acceptors (Lipinski definition) is 5. The number of halogens is 1. The fraction of sp³-hybridized carbons (Fsp3) is 0.250. The van der Waals surface area contributed by atoms with Crippen LogP contribution in [0, 0.1) is 0 Å². The van der Waals surface area contributed by atoms with Crippen LogP contribution in [-0.4, -0.2) is 43.8 Å². The van der Waals surface area contributed by atoms with E-state index in [-0.39, 0.29) is 16.9 Å². The van der Waals surface area contributed by atoms with Gasteiger partial charge in [-0.05, 0) is 71.5 Å². The Balaban J connectivity index is 1.97. The van der Waals surface area contributed by atoms with E-state index in [1.165, 1.54) is 0 Å². The first-order valence-electron chi connectivity index (χ1n) is 8.86. The molecule has 2 aromatic carbocycles. The second kappa shape index (κ2) is 11.5. The van der Waals surface area contributed by atoms with E-state index in [9.17, 15) is 9.59 Å². The maximum absolute atomic E-state index is 12.4. The lowest BCUT2D eigenvalue weighted by molar-refractivity contribution is 0.0953. The van der Waals surface area contributed by atoms with Gasteiger partial charge in [-0.2, -0.15) is 0 Å². The Hall–Kier alpha value is -2.49. The van der Waals surface area contributed by atoms with Gasteiger partial charge in [0.15, 0.2) is 5.11 Å². The lowest BCUT2D eigenvalue weighted by Gasteiger charge is -2.12. The maximum atomic E-state index is 12.4. The first-order chi connectivity index (χ1) is 13.9. The molecule has 0 saturated heterocycles. The summed E-state index contributed by atoms with van der Waals surface area (Å²) in [6.45, 7) is 3.26. The Morgan fingerprint density at radius 1 is 1.07 bits per heavy atom. The van der Waals surface area contributed by atoms with Gasteiger partial charge in [-0.3, -0.25) is 14.9 Å². The highest BCUT2D eigenvalue weighted by Crippen LogP contribution is 2.26. The van der Waals surface area contributed by atoms with Gasteiger partial charge in [-0.15, -0.1) is 0 Å².